The van der Waals surface area contributed by atoms with Crippen LogP contribution >= 0.6 is 11.6 Å². The largest absolute Gasteiger partial charge is 0.369 e. The fraction of sp³-hybridized carbons (Fsp3) is 0.556. The maximum absolute atomic E-state index is 11.6. The zero-order valence-corrected chi connectivity index (χ0v) is 15.1. The molecule has 7 heteroatoms. The Balaban J connectivity index is 1.29. The van der Waals surface area contributed by atoms with Crippen LogP contribution in [0.4, 0.5) is 5.69 Å². The summed E-state index contributed by atoms with van der Waals surface area (Å²) in [6.45, 7) is 5.43. The van der Waals surface area contributed by atoms with Crippen LogP contribution in [0.2, 0.25) is 5.02 Å². The Bertz CT molecular complexity index is 596. The van der Waals surface area contributed by atoms with Crippen molar-refractivity contribution in [3.05, 3.63) is 29.3 Å². The Morgan fingerprint density at radius 3 is 2.36 bits per heavy atom. The second-order valence-electron chi connectivity index (χ2n) is 6.66. The fourth-order valence-electron chi connectivity index (χ4n) is 2.95. The SMILES string of the molecule is O=C(NCCCN1CCN(c2ccc(Cl)cc2)CC1)C(=O)NC1CC1. The molecule has 1 saturated heterocycles. The lowest BCUT2D eigenvalue weighted by Gasteiger charge is -2.36. The molecule has 1 aromatic rings. The van der Waals surface area contributed by atoms with Gasteiger partial charge in [-0.2, -0.15) is 0 Å². The van der Waals surface area contributed by atoms with Crippen LogP contribution in [0.15, 0.2) is 24.3 Å². The molecule has 0 bridgehead atoms. The molecular formula is C18H25ClN4O2. The van der Waals surface area contributed by atoms with Gasteiger partial charge in [-0.15, -0.1) is 0 Å². The minimum absolute atomic E-state index is 0.218. The number of rotatable bonds is 6. The van der Waals surface area contributed by atoms with Crippen LogP contribution in [0, 0.1) is 0 Å². The van der Waals surface area contributed by atoms with Gasteiger partial charge in [-0.25, -0.2) is 0 Å². The third kappa shape index (κ3) is 5.61. The topological polar surface area (TPSA) is 64.7 Å². The van der Waals surface area contributed by atoms with Crippen molar-refractivity contribution < 1.29 is 9.59 Å². The standard InChI is InChI=1S/C18H25ClN4O2/c19-14-2-6-16(7-3-14)23-12-10-22(11-13-23)9-1-8-20-17(24)18(25)21-15-4-5-15/h2-3,6-7,15H,1,4-5,8-13H2,(H,20,24)(H,21,25). The molecule has 1 aliphatic heterocycles. The molecule has 0 radical (unpaired) electrons. The van der Waals surface area contributed by atoms with Crippen molar-refractivity contribution >= 4 is 29.1 Å². The molecule has 6 nitrogen and oxygen atoms in total. The van der Waals surface area contributed by atoms with Crippen molar-refractivity contribution in [2.45, 2.75) is 25.3 Å². The number of hydrogen-bond donors (Lipinski definition) is 2. The highest BCUT2D eigenvalue weighted by atomic mass is 35.5. The summed E-state index contributed by atoms with van der Waals surface area (Å²) >= 11 is 5.93. The zero-order valence-electron chi connectivity index (χ0n) is 14.3. The van der Waals surface area contributed by atoms with E-state index < -0.39 is 11.8 Å². The Kier molecular flexibility index (Phi) is 6.15. The molecule has 2 fully saturated rings. The number of anilines is 1. The number of halogens is 1. The molecule has 2 N–H and O–H groups in total. The molecule has 2 amide bonds. The van der Waals surface area contributed by atoms with E-state index >= 15 is 0 Å². The summed E-state index contributed by atoms with van der Waals surface area (Å²) in [6.07, 6.45) is 2.82. The van der Waals surface area contributed by atoms with Crippen molar-refractivity contribution in [3.8, 4) is 0 Å². The number of amides is 2. The van der Waals surface area contributed by atoms with Crippen LogP contribution in [0.3, 0.4) is 0 Å². The number of hydrogen-bond acceptors (Lipinski definition) is 4. The molecule has 1 heterocycles. The van der Waals surface area contributed by atoms with E-state index in [-0.39, 0.29) is 6.04 Å². The normalized spacial score (nSPS) is 18.0. The molecule has 0 unspecified atom stereocenters. The summed E-state index contributed by atoms with van der Waals surface area (Å²) in [5.74, 6) is -1.02. The van der Waals surface area contributed by atoms with Crippen molar-refractivity contribution in [1.29, 1.82) is 0 Å². The minimum atomic E-state index is -0.514. The maximum Gasteiger partial charge on any atom is 0.309 e. The van der Waals surface area contributed by atoms with Gasteiger partial charge in [0.2, 0.25) is 0 Å². The van der Waals surface area contributed by atoms with Gasteiger partial charge in [0.05, 0.1) is 0 Å². The summed E-state index contributed by atoms with van der Waals surface area (Å²) in [5, 5.41) is 6.15. The smallest absolute Gasteiger partial charge is 0.309 e. The predicted molar refractivity (Wildman–Crippen MR) is 98.9 cm³/mol. The molecule has 1 aromatic carbocycles. The van der Waals surface area contributed by atoms with Gasteiger partial charge in [0, 0.05) is 49.5 Å². The predicted octanol–water partition coefficient (Wildman–Crippen LogP) is 1.25. The number of nitrogens with one attached hydrogen (secondary N) is 2. The molecule has 2 aliphatic rings. The van der Waals surface area contributed by atoms with E-state index in [1.54, 1.807) is 0 Å². The highest BCUT2D eigenvalue weighted by molar-refractivity contribution is 6.35. The summed E-state index contributed by atoms with van der Waals surface area (Å²) in [5.41, 5.74) is 1.21. The monoisotopic (exact) mass is 364 g/mol. The first-order valence-electron chi connectivity index (χ1n) is 8.93. The number of carbonyl (C=O) groups excluding carboxylic acids is 2. The third-order valence-corrected chi connectivity index (χ3v) is 4.87. The average Bonchev–Trinajstić information content (AvgIpc) is 3.44. The fourth-order valence-corrected chi connectivity index (χ4v) is 3.07. The summed E-state index contributed by atoms with van der Waals surface area (Å²) in [4.78, 5) is 27.9. The van der Waals surface area contributed by atoms with Gasteiger partial charge in [0.1, 0.15) is 0 Å². The van der Waals surface area contributed by atoms with E-state index in [4.69, 9.17) is 11.6 Å². The molecule has 0 atom stereocenters. The average molecular weight is 365 g/mol. The van der Waals surface area contributed by atoms with Crippen molar-refractivity contribution in [1.82, 2.24) is 15.5 Å². The molecule has 0 spiro atoms. The van der Waals surface area contributed by atoms with Crippen LogP contribution in [0.25, 0.3) is 0 Å². The molecule has 136 valence electrons. The quantitative estimate of drug-likeness (QED) is 0.589. The van der Waals surface area contributed by atoms with Gasteiger partial charge in [0.15, 0.2) is 0 Å². The highest BCUT2D eigenvalue weighted by Crippen LogP contribution is 2.19. The zero-order chi connectivity index (χ0) is 17.6. The molecule has 1 saturated carbocycles. The lowest BCUT2D eigenvalue weighted by atomic mass is 10.2. The maximum atomic E-state index is 11.6. The Hall–Kier alpha value is -1.79. The minimum Gasteiger partial charge on any atom is -0.369 e. The Morgan fingerprint density at radius 1 is 1.04 bits per heavy atom. The van der Waals surface area contributed by atoms with E-state index in [0.717, 1.165) is 57.0 Å². The van der Waals surface area contributed by atoms with E-state index in [0.29, 0.717) is 6.54 Å². The molecular weight excluding hydrogens is 340 g/mol. The second-order valence-corrected chi connectivity index (χ2v) is 7.10. The van der Waals surface area contributed by atoms with Crippen molar-refractivity contribution in [2.75, 3.05) is 44.2 Å². The Labute approximate surface area is 153 Å². The van der Waals surface area contributed by atoms with Crippen molar-refractivity contribution in [2.24, 2.45) is 0 Å². The van der Waals surface area contributed by atoms with E-state index in [1.165, 1.54) is 5.69 Å². The molecule has 1 aliphatic carbocycles. The molecule has 3 rings (SSSR count). The van der Waals surface area contributed by atoms with Crippen LogP contribution < -0.4 is 15.5 Å². The van der Waals surface area contributed by atoms with E-state index in [1.807, 2.05) is 12.1 Å². The van der Waals surface area contributed by atoms with Crippen LogP contribution in [-0.2, 0) is 9.59 Å². The van der Waals surface area contributed by atoms with Gasteiger partial charge in [-0.3, -0.25) is 14.5 Å². The lowest BCUT2D eigenvalue weighted by molar-refractivity contribution is -0.139. The highest BCUT2D eigenvalue weighted by Gasteiger charge is 2.26. The number of benzene rings is 1. The summed E-state index contributed by atoms with van der Waals surface area (Å²) in [6, 6.07) is 8.17. The summed E-state index contributed by atoms with van der Waals surface area (Å²) in [7, 11) is 0. The molecule has 0 aromatic heterocycles. The first-order chi connectivity index (χ1) is 12.1. The lowest BCUT2D eigenvalue weighted by Crippen LogP contribution is -2.47. The van der Waals surface area contributed by atoms with Gasteiger partial charge >= 0.3 is 11.8 Å². The van der Waals surface area contributed by atoms with Crippen molar-refractivity contribution in [3.63, 3.8) is 0 Å². The van der Waals surface area contributed by atoms with Gasteiger partial charge < -0.3 is 15.5 Å². The van der Waals surface area contributed by atoms with E-state index in [9.17, 15) is 9.59 Å². The van der Waals surface area contributed by atoms with Gasteiger partial charge in [0.25, 0.3) is 0 Å². The van der Waals surface area contributed by atoms with Gasteiger partial charge in [-0.1, -0.05) is 11.6 Å². The number of piperazine rings is 1. The van der Waals surface area contributed by atoms with Gasteiger partial charge in [-0.05, 0) is 50.1 Å². The van der Waals surface area contributed by atoms with Crippen LogP contribution in [0.1, 0.15) is 19.3 Å². The summed E-state index contributed by atoms with van der Waals surface area (Å²) < 4.78 is 0. The van der Waals surface area contributed by atoms with E-state index in [2.05, 4.69) is 32.6 Å². The van der Waals surface area contributed by atoms with Crippen LogP contribution in [0.5, 0.6) is 0 Å². The van der Waals surface area contributed by atoms with Crippen LogP contribution in [-0.4, -0.2) is 62.0 Å². The number of nitrogens with zero attached hydrogens (tertiary/aromatic N) is 2. The first-order valence-corrected chi connectivity index (χ1v) is 9.31. The first kappa shape index (κ1) is 18.0. The third-order valence-electron chi connectivity index (χ3n) is 4.62. The molecule has 25 heavy (non-hydrogen) atoms. The second kappa shape index (κ2) is 8.54. The Morgan fingerprint density at radius 2 is 1.72 bits per heavy atom. The number of carbonyl (C=O) groups is 2.